The number of ether oxygens (including phenoxy) is 1. The number of aryl methyl sites for hydroxylation is 1. The van der Waals surface area contributed by atoms with Crippen LogP contribution in [-0.4, -0.2) is 77.8 Å². The van der Waals surface area contributed by atoms with E-state index in [1.165, 1.54) is 37.3 Å². The van der Waals surface area contributed by atoms with Crippen molar-refractivity contribution in [3.05, 3.63) is 75.7 Å². The van der Waals surface area contributed by atoms with Crippen LogP contribution in [0.4, 0.5) is 14.9 Å². The summed E-state index contributed by atoms with van der Waals surface area (Å²) in [6.07, 6.45) is 2.84. The number of nitrogens with one attached hydrogen (secondary N) is 3. The molecule has 4 N–H and O–H groups in total. The minimum Gasteiger partial charge on any atom is -0.481 e. The molecule has 3 atom stereocenters. The van der Waals surface area contributed by atoms with Crippen molar-refractivity contribution in [2.45, 2.75) is 50.9 Å². The number of anilines is 1. The second-order valence-electron chi connectivity index (χ2n) is 12.1. The lowest BCUT2D eigenvalue weighted by Crippen LogP contribution is -2.49. The molecule has 13 heteroatoms. The van der Waals surface area contributed by atoms with Gasteiger partial charge in [0, 0.05) is 73.3 Å². The zero-order chi connectivity index (χ0) is 33.6. The van der Waals surface area contributed by atoms with E-state index >= 15 is 4.39 Å². The number of amides is 4. The van der Waals surface area contributed by atoms with E-state index in [0.717, 1.165) is 35.3 Å². The van der Waals surface area contributed by atoms with Crippen LogP contribution in [0.15, 0.2) is 48.2 Å². The lowest BCUT2D eigenvalue weighted by molar-refractivity contribution is -0.119. The molecule has 47 heavy (non-hydrogen) atoms. The number of fused-ring (bicyclic) bond motifs is 1. The number of rotatable bonds is 8. The third-order valence-electron chi connectivity index (χ3n) is 9.10. The van der Waals surface area contributed by atoms with Crippen LogP contribution >= 0.6 is 11.6 Å². The molecule has 3 heterocycles. The smallest absolute Gasteiger partial charge is 0.325 e. The van der Waals surface area contributed by atoms with Gasteiger partial charge in [0.1, 0.15) is 5.82 Å². The first-order valence-corrected chi connectivity index (χ1v) is 15.8. The number of carbonyl (C=O) groups is 3. The van der Waals surface area contributed by atoms with Gasteiger partial charge in [0.25, 0.3) is 5.91 Å². The van der Waals surface area contributed by atoms with Gasteiger partial charge in [0.15, 0.2) is 6.23 Å². The Bertz CT molecular complexity index is 1820. The van der Waals surface area contributed by atoms with E-state index in [9.17, 15) is 19.5 Å². The fourth-order valence-electron chi connectivity index (χ4n) is 6.55. The van der Waals surface area contributed by atoms with Gasteiger partial charge in [0.05, 0.1) is 23.4 Å². The van der Waals surface area contributed by atoms with Crippen molar-refractivity contribution in [1.29, 1.82) is 0 Å². The first-order valence-electron chi connectivity index (χ1n) is 15.4. The highest BCUT2D eigenvalue weighted by Crippen LogP contribution is 2.43. The number of hydrogen-bond donors (Lipinski definition) is 4. The van der Waals surface area contributed by atoms with Gasteiger partial charge in [-0.3, -0.25) is 14.5 Å². The molecule has 0 saturated carbocycles. The fourth-order valence-corrected chi connectivity index (χ4v) is 6.87. The number of urea groups is 1. The number of benzene rings is 2. The van der Waals surface area contributed by atoms with E-state index in [2.05, 4.69) is 16.0 Å². The van der Waals surface area contributed by atoms with Gasteiger partial charge in [-0.25, -0.2) is 14.2 Å². The summed E-state index contributed by atoms with van der Waals surface area (Å²) in [4.78, 5) is 44.0. The highest BCUT2D eigenvalue weighted by atomic mass is 35.5. The Balaban J connectivity index is 1.30. The number of likely N-dealkylation sites (N-methyl/N-ethyl adjacent to an activating group) is 1. The molecule has 3 unspecified atom stereocenters. The Morgan fingerprint density at radius 2 is 1.94 bits per heavy atom. The third-order valence-corrected chi connectivity index (χ3v) is 9.51. The summed E-state index contributed by atoms with van der Waals surface area (Å²) in [7, 11) is 4.44. The number of halogens is 2. The number of hydrogen-bond acceptors (Lipinski definition) is 7. The lowest BCUT2D eigenvalue weighted by atomic mass is 9.95. The maximum atomic E-state index is 15.5. The van der Waals surface area contributed by atoms with E-state index in [1.807, 2.05) is 12.1 Å². The highest BCUT2D eigenvalue weighted by Gasteiger charge is 2.34. The molecule has 2 aromatic carbocycles. The Hall–Kier alpha value is -4.52. The fraction of sp³-hybridized carbons (Fsp3) is 0.353. The molecule has 3 aromatic rings. The number of methoxy groups -OCH3 is 1. The van der Waals surface area contributed by atoms with Crippen LogP contribution in [0.3, 0.4) is 0 Å². The topological polar surface area (TPSA) is 136 Å². The van der Waals surface area contributed by atoms with Gasteiger partial charge in [-0.2, -0.15) is 0 Å². The number of carbonyl (C=O) groups excluding carboxylic acids is 3. The van der Waals surface area contributed by atoms with Gasteiger partial charge < -0.3 is 30.7 Å². The predicted octanol–water partition coefficient (Wildman–Crippen LogP) is 4.52. The Kier molecular flexibility index (Phi) is 8.93. The summed E-state index contributed by atoms with van der Waals surface area (Å²) >= 11 is 7.01. The summed E-state index contributed by atoms with van der Waals surface area (Å²) < 4.78 is 21.3. The number of aliphatic hydroxyl groups excluding tert-OH is 1. The maximum Gasteiger partial charge on any atom is 0.325 e. The highest BCUT2D eigenvalue weighted by molar-refractivity contribution is 6.36. The molecule has 246 valence electrons. The van der Waals surface area contributed by atoms with Crippen LogP contribution in [0.25, 0.3) is 22.4 Å². The van der Waals surface area contributed by atoms with E-state index < -0.39 is 24.0 Å². The zero-order valence-corrected chi connectivity index (χ0v) is 27.2. The molecule has 0 spiro atoms. The second kappa shape index (κ2) is 12.9. The Labute approximate surface area is 276 Å². The monoisotopic (exact) mass is 662 g/mol. The van der Waals surface area contributed by atoms with Gasteiger partial charge in [-0.05, 0) is 55.5 Å². The van der Waals surface area contributed by atoms with Gasteiger partial charge in [0.2, 0.25) is 11.8 Å². The zero-order valence-electron chi connectivity index (χ0n) is 26.5. The average molecular weight is 663 g/mol. The van der Waals surface area contributed by atoms with Crippen molar-refractivity contribution in [2.75, 3.05) is 33.1 Å². The molecule has 1 aliphatic carbocycles. The van der Waals surface area contributed by atoms with Crippen molar-refractivity contribution in [2.24, 2.45) is 0 Å². The molecule has 3 aliphatic rings. The first kappa shape index (κ1) is 32.4. The Morgan fingerprint density at radius 1 is 1.17 bits per heavy atom. The number of pyridine rings is 1. The normalized spacial score (nSPS) is 20.7. The summed E-state index contributed by atoms with van der Waals surface area (Å²) in [5.74, 6) is -0.614. The van der Waals surface area contributed by atoms with Crippen LogP contribution in [0.5, 0.6) is 5.88 Å². The SMILES string of the molecule is COc1nc(-c2cccc(-c3c(F)ccc(NC(=O)C4=CN(C)C(=O)N(C)C4O)c3C)c2Cl)cc2c1C(NCC1CCC(=O)N1)CC2. The van der Waals surface area contributed by atoms with Crippen LogP contribution in [0.2, 0.25) is 5.02 Å². The molecular weight excluding hydrogens is 627 g/mol. The molecule has 1 fully saturated rings. The van der Waals surface area contributed by atoms with Gasteiger partial charge >= 0.3 is 6.03 Å². The van der Waals surface area contributed by atoms with Crippen molar-refractivity contribution in [3.63, 3.8) is 0 Å². The molecule has 6 rings (SSSR count). The lowest BCUT2D eigenvalue weighted by Gasteiger charge is -2.33. The van der Waals surface area contributed by atoms with Crippen LogP contribution in [0.1, 0.15) is 42.0 Å². The van der Waals surface area contributed by atoms with Crippen molar-refractivity contribution in [3.8, 4) is 28.3 Å². The molecule has 1 saturated heterocycles. The van der Waals surface area contributed by atoms with E-state index in [1.54, 1.807) is 26.2 Å². The summed E-state index contributed by atoms with van der Waals surface area (Å²) in [6, 6.07) is 9.64. The van der Waals surface area contributed by atoms with Crippen LogP contribution in [0, 0.1) is 12.7 Å². The van der Waals surface area contributed by atoms with Gasteiger partial charge in [-0.1, -0.05) is 29.8 Å². The standard InChI is InChI=1S/C34H36ClFN6O5/c1-17-24(39-31(44)22-16-41(2)34(46)42(3)33(22)45)12-10-23(36)28(17)21-7-5-6-20(30(21)35)26-14-18-8-11-25(29(18)32(40-26)47-4)37-15-19-9-13-27(43)38-19/h5-7,10,12,14,16,19,25,33,37,45H,8-9,11,13,15H2,1-4H3,(H,38,43)(H,39,44). The third kappa shape index (κ3) is 6.04. The van der Waals surface area contributed by atoms with Crippen molar-refractivity contribution < 1.29 is 28.6 Å². The van der Waals surface area contributed by atoms with E-state index in [4.69, 9.17) is 21.3 Å². The summed E-state index contributed by atoms with van der Waals surface area (Å²) in [5, 5.41) is 20.1. The molecule has 4 amide bonds. The molecule has 0 bridgehead atoms. The van der Waals surface area contributed by atoms with E-state index in [0.29, 0.717) is 46.9 Å². The van der Waals surface area contributed by atoms with Crippen LogP contribution in [-0.2, 0) is 16.0 Å². The van der Waals surface area contributed by atoms with Crippen LogP contribution < -0.4 is 20.7 Å². The Morgan fingerprint density at radius 3 is 2.66 bits per heavy atom. The molecular formula is C34H36ClFN6O5. The number of aromatic nitrogens is 1. The summed E-state index contributed by atoms with van der Waals surface area (Å²) in [6.45, 7) is 2.33. The molecule has 1 aromatic heterocycles. The second-order valence-corrected chi connectivity index (χ2v) is 12.4. The van der Waals surface area contributed by atoms with E-state index in [-0.39, 0.29) is 34.2 Å². The minimum atomic E-state index is -1.44. The maximum absolute atomic E-state index is 15.5. The predicted molar refractivity (Wildman–Crippen MR) is 175 cm³/mol. The molecule has 11 nitrogen and oxygen atoms in total. The molecule has 2 aliphatic heterocycles. The summed E-state index contributed by atoms with van der Waals surface area (Å²) in [5.41, 5.74) is 4.55. The number of nitrogens with zero attached hydrogens (tertiary/aromatic N) is 3. The average Bonchev–Trinajstić information content (AvgIpc) is 3.67. The number of aliphatic hydroxyl groups is 1. The minimum absolute atomic E-state index is 0.0299. The van der Waals surface area contributed by atoms with Crippen molar-refractivity contribution in [1.82, 2.24) is 25.4 Å². The van der Waals surface area contributed by atoms with Crippen molar-refractivity contribution >= 4 is 35.1 Å². The van der Waals surface area contributed by atoms with Gasteiger partial charge in [-0.15, -0.1) is 0 Å². The molecule has 0 radical (unpaired) electrons. The largest absolute Gasteiger partial charge is 0.481 e. The quantitative estimate of drug-likeness (QED) is 0.279. The first-order chi connectivity index (χ1) is 22.5.